The number of nitrogens with two attached hydrogens (primary N) is 1. The quantitative estimate of drug-likeness (QED) is 0.375. The third-order valence-electron chi connectivity index (χ3n) is 7.39. The van der Waals surface area contributed by atoms with Crippen molar-refractivity contribution in [2.75, 3.05) is 28.2 Å². The molecule has 10 nitrogen and oxygen atoms in total. The van der Waals surface area contributed by atoms with Gasteiger partial charge in [-0.3, -0.25) is 19.3 Å². The van der Waals surface area contributed by atoms with E-state index < -0.39 is 58.0 Å². The van der Waals surface area contributed by atoms with E-state index in [4.69, 9.17) is 5.73 Å². The molecule has 6 N–H and O–H groups in total. The number of hydrogen-bond acceptors (Lipinski definition) is 9. The number of allylic oxidation sites excluding steroid dienone is 5. The molecule has 1 amide bonds. The molecule has 0 radical (unpaired) electrons. The maximum Gasteiger partial charge on any atom is 0.255 e. The highest BCUT2D eigenvalue weighted by Crippen LogP contribution is 2.54. The predicted octanol–water partition coefficient (Wildman–Crippen LogP) is 0.370. The van der Waals surface area contributed by atoms with Crippen LogP contribution in [0.15, 0.2) is 45.3 Å². The Bertz CT molecular complexity index is 1110. The molecule has 0 spiro atoms. The number of nitrogens with zero attached hydrogens (tertiary/aromatic N) is 2. The molecule has 4 aliphatic carbocycles. The summed E-state index contributed by atoms with van der Waals surface area (Å²) >= 11 is 0. The van der Waals surface area contributed by atoms with Crippen LogP contribution in [0, 0.1) is 11.8 Å². The van der Waals surface area contributed by atoms with Gasteiger partial charge >= 0.3 is 0 Å². The Labute approximate surface area is 191 Å². The summed E-state index contributed by atoms with van der Waals surface area (Å²) in [5.74, 6) is -6.19. The van der Waals surface area contributed by atoms with Crippen molar-refractivity contribution in [3.63, 3.8) is 0 Å². The van der Waals surface area contributed by atoms with E-state index in [-0.39, 0.29) is 29.7 Å². The van der Waals surface area contributed by atoms with Crippen molar-refractivity contribution in [2.45, 2.75) is 37.3 Å². The summed E-state index contributed by atoms with van der Waals surface area (Å²) in [6.45, 7) is 0. The van der Waals surface area contributed by atoms with Gasteiger partial charge in [0.1, 0.15) is 22.9 Å². The van der Waals surface area contributed by atoms with Crippen molar-refractivity contribution >= 4 is 17.5 Å². The van der Waals surface area contributed by atoms with Gasteiger partial charge in [-0.25, -0.2) is 0 Å². The van der Waals surface area contributed by atoms with Crippen LogP contribution >= 0.6 is 0 Å². The average molecular weight is 459 g/mol. The molecule has 10 heteroatoms. The Hall–Kier alpha value is -3.11. The normalized spacial score (nSPS) is 32.2. The van der Waals surface area contributed by atoms with Gasteiger partial charge in [0.15, 0.2) is 11.4 Å². The Kier molecular flexibility index (Phi) is 5.21. The van der Waals surface area contributed by atoms with E-state index in [9.17, 15) is 34.8 Å². The summed E-state index contributed by atoms with van der Waals surface area (Å²) in [5.41, 5.74) is 3.45. The zero-order valence-electron chi connectivity index (χ0n) is 19.0. The summed E-state index contributed by atoms with van der Waals surface area (Å²) in [5, 5.41) is 44.1. The van der Waals surface area contributed by atoms with Crippen LogP contribution in [0.25, 0.3) is 0 Å². The lowest BCUT2D eigenvalue weighted by Gasteiger charge is -2.50. The molecule has 4 rings (SSSR count). The summed E-state index contributed by atoms with van der Waals surface area (Å²) < 4.78 is 0. The molecule has 1 fully saturated rings. The van der Waals surface area contributed by atoms with Crippen molar-refractivity contribution < 1.29 is 34.8 Å². The van der Waals surface area contributed by atoms with Crippen LogP contribution in [-0.4, -0.2) is 87.5 Å². The fraction of sp³-hybridized carbons (Fsp3) is 0.522. The molecule has 1 saturated carbocycles. The molecular weight excluding hydrogens is 430 g/mol. The topological polar surface area (TPSA) is 165 Å². The van der Waals surface area contributed by atoms with E-state index in [1.54, 1.807) is 14.1 Å². The maximum absolute atomic E-state index is 13.5. The molecule has 33 heavy (non-hydrogen) atoms. The van der Waals surface area contributed by atoms with E-state index in [1.807, 2.05) is 19.0 Å². The van der Waals surface area contributed by atoms with Gasteiger partial charge in [-0.1, -0.05) is 0 Å². The largest absolute Gasteiger partial charge is 0.512 e. The Morgan fingerprint density at radius 2 is 1.73 bits per heavy atom. The minimum absolute atomic E-state index is 0.0879. The molecule has 0 saturated heterocycles. The van der Waals surface area contributed by atoms with Crippen molar-refractivity contribution in [2.24, 2.45) is 17.6 Å². The second-order valence-corrected chi connectivity index (χ2v) is 9.60. The van der Waals surface area contributed by atoms with Crippen LogP contribution in [0.3, 0.4) is 0 Å². The number of hydrogen-bond donors (Lipinski definition) is 5. The highest BCUT2D eigenvalue weighted by Gasteiger charge is 2.63. The van der Waals surface area contributed by atoms with Crippen LogP contribution in [-0.2, 0) is 14.4 Å². The number of likely N-dealkylation sites (N-methyl/N-ethyl adjacent to an activating group) is 1. The standard InChI is InChI=1S/C23H29N3O7/c1-25(2)12-5-6-13(27)15-10(12)7-9-8-11-17(26(3)4)19(29)16(22(24)32)21(31)23(11,33)20(30)14(9)18(15)28/h9,11,17,27,29-30,33H,5-8H2,1-4H3,(H2,24,32)/t9-,11-,17-,23-/m0/s1. The Balaban J connectivity index is 1.96. The molecule has 0 bridgehead atoms. The van der Waals surface area contributed by atoms with Gasteiger partial charge in [-0.05, 0) is 44.8 Å². The summed E-state index contributed by atoms with van der Waals surface area (Å²) in [6, 6.07) is -0.993. The third-order valence-corrected chi connectivity index (χ3v) is 7.39. The molecule has 0 unspecified atom stereocenters. The van der Waals surface area contributed by atoms with Crippen LogP contribution in [0.4, 0.5) is 0 Å². The first kappa shape index (κ1) is 23.1. The number of rotatable bonds is 3. The second-order valence-electron chi connectivity index (χ2n) is 9.60. The van der Waals surface area contributed by atoms with E-state index in [0.717, 1.165) is 5.70 Å². The smallest absolute Gasteiger partial charge is 0.255 e. The Morgan fingerprint density at radius 1 is 1.09 bits per heavy atom. The molecule has 0 aromatic carbocycles. The number of ketones is 2. The lowest BCUT2D eigenvalue weighted by Crippen LogP contribution is -2.63. The highest BCUT2D eigenvalue weighted by molar-refractivity contribution is 6.24. The SMILES string of the molecule is CN(C)C1=C2C[C@H]3C[C@H]4[C@H](N(C)C)C(O)=C(C(N)=O)C(=O)[C@@]4(O)C(O)=C3C(=O)C2=C(O)CC1. The molecule has 0 aromatic rings. The number of primary amides is 1. The highest BCUT2D eigenvalue weighted by atomic mass is 16.3. The molecule has 0 aliphatic heterocycles. The van der Waals surface area contributed by atoms with Crippen molar-refractivity contribution in [3.8, 4) is 0 Å². The average Bonchev–Trinajstić information content (AvgIpc) is 2.70. The number of aliphatic hydroxyl groups is 4. The maximum atomic E-state index is 13.5. The van der Waals surface area contributed by atoms with Gasteiger partial charge in [0.25, 0.3) is 5.91 Å². The number of carbonyl (C=O) groups excluding carboxylic acids is 3. The lowest BCUT2D eigenvalue weighted by atomic mass is 9.57. The zero-order valence-corrected chi connectivity index (χ0v) is 19.0. The fourth-order valence-corrected chi connectivity index (χ4v) is 5.96. The first-order valence-electron chi connectivity index (χ1n) is 10.8. The van der Waals surface area contributed by atoms with Crippen molar-refractivity contribution in [1.82, 2.24) is 9.80 Å². The van der Waals surface area contributed by atoms with Gasteiger partial charge in [0.05, 0.1) is 11.6 Å². The van der Waals surface area contributed by atoms with Gasteiger partial charge in [0, 0.05) is 37.7 Å². The first-order chi connectivity index (χ1) is 15.3. The van der Waals surface area contributed by atoms with Crippen molar-refractivity contribution in [1.29, 1.82) is 0 Å². The Morgan fingerprint density at radius 3 is 2.27 bits per heavy atom. The molecule has 4 atom stereocenters. The number of Topliss-reactive ketones (excluding diaryl/α,β-unsaturated/α-hetero) is 2. The predicted molar refractivity (Wildman–Crippen MR) is 117 cm³/mol. The van der Waals surface area contributed by atoms with Crippen LogP contribution < -0.4 is 5.73 Å². The molecule has 0 heterocycles. The van der Waals surface area contributed by atoms with Gasteiger partial charge in [-0.15, -0.1) is 0 Å². The summed E-state index contributed by atoms with van der Waals surface area (Å²) in [7, 11) is 6.91. The molecule has 4 aliphatic rings. The summed E-state index contributed by atoms with van der Waals surface area (Å²) in [4.78, 5) is 42.1. The monoisotopic (exact) mass is 459 g/mol. The van der Waals surface area contributed by atoms with Crippen LogP contribution in [0.2, 0.25) is 0 Å². The van der Waals surface area contributed by atoms with E-state index >= 15 is 0 Å². The van der Waals surface area contributed by atoms with Gasteiger partial charge in [0.2, 0.25) is 5.78 Å². The molecular formula is C23H29N3O7. The summed E-state index contributed by atoms with van der Waals surface area (Å²) in [6.07, 6.45) is 1.21. The second kappa shape index (κ2) is 7.46. The third kappa shape index (κ3) is 2.97. The first-order valence-corrected chi connectivity index (χ1v) is 10.8. The number of aliphatic hydroxyl groups excluding tert-OH is 3. The van der Waals surface area contributed by atoms with Crippen molar-refractivity contribution in [3.05, 3.63) is 45.3 Å². The number of amides is 1. The number of fused-ring (bicyclic) bond motifs is 3. The van der Waals surface area contributed by atoms with Gasteiger partial charge in [-0.2, -0.15) is 0 Å². The van der Waals surface area contributed by atoms with E-state index in [2.05, 4.69) is 0 Å². The van der Waals surface area contributed by atoms with E-state index in [0.29, 0.717) is 18.4 Å². The van der Waals surface area contributed by atoms with E-state index in [1.165, 1.54) is 4.90 Å². The minimum atomic E-state index is -2.61. The number of carbonyl (C=O) groups is 3. The van der Waals surface area contributed by atoms with Crippen LogP contribution in [0.5, 0.6) is 0 Å². The van der Waals surface area contributed by atoms with Gasteiger partial charge < -0.3 is 31.1 Å². The fourth-order valence-electron chi connectivity index (χ4n) is 5.96. The minimum Gasteiger partial charge on any atom is -0.512 e. The molecule has 178 valence electrons. The van der Waals surface area contributed by atoms with Crippen LogP contribution in [0.1, 0.15) is 25.7 Å². The zero-order chi connectivity index (χ0) is 24.6. The lowest BCUT2D eigenvalue weighted by molar-refractivity contribution is -0.149. The molecule has 0 aromatic heterocycles.